The summed E-state index contributed by atoms with van der Waals surface area (Å²) in [6.45, 7) is 4.22. The lowest BCUT2D eigenvalue weighted by atomic mass is 10.1. The molecule has 0 saturated heterocycles. The summed E-state index contributed by atoms with van der Waals surface area (Å²) in [5.74, 6) is 1.30. The van der Waals surface area contributed by atoms with Crippen LogP contribution in [0.5, 0.6) is 0 Å². The molecule has 1 saturated carbocycles. The molecule has 1 aliphatic carbocycles. The molecular formula is C14H17N5O2. The number of furan rings is 1. The fourth-order valence-electron chi connectivity index (χ4n) is 2.26. The lowest BCUT2D eigenvalue weighted by Gasteiger charge is -2.18. The zero-order valence-corrected chi connectivity index (χ0v) is 12.0. The van der Waals surface area contributed by atoms with Crippen molar-refractivity contribution in [3.63, 3.8) is 0 Å². The minimum atomic E-state index is -0.0395. The lowest BCUT2D eigenvalue weighted by Crippen LogP contribution is -2.31. The standard InChI is InChI=1S/C14H17N5O2/c1-9-8-21-10(2)12(9)5-6-14(20)19(11-3-4-11)7-13-15-17-18-16-13/h5-6,8,11H,3-4,7H2,1-2H3,(H,15,16,17,18)/b6-5+. The zero-order chi connectivity index (χ0) is 14.8. The number of hydrogen-bond donors (Lipinski definition) is 1. The van der Waals surface area contributed by atoms with Gasteiger partial charge in [0.2, 0.25) is 5.91 Å². The van der Waals surface area contributed by atoms with E-state index < -0.39 is 0 Å². The Morgan fingerprint density at radius 2 is 2.33 bits per heavy atom. The number of tetrazole rings is 1. The van der Waals surface area contributed by atoms with Gasteiger partial charge in [-0.2, -0.15) is 5.21 Å². The van der Waals surface area contributed by atoms with Gasteiger partial charge in [-0.05, 0) is 38.3 Å². The molecule has 1 N–H and O–H groups in total. The number of aryl methyl sites for hydroxylation is 2. The molecule has 3 rings (SSSR count). The van der Waals surface area contributed by atoms with Crippen molar-refractivity contribution < 1.29 is 9.21 Å². The molecule has 1 aliphatic rings. The molecule has 2 aromatic heterocycles. The van der Waals surface area contributed by atoms with Crippen molar-refractivity contribution in [3.8, 4) is 0 Å². The molecule has 0 bridgehead atoms. The van der Waals surface area contributed by atoms with E-state index >= 15 is 0 Å². The average molecular weight is 287 g/mol. The highest BCUT2D eigenvalue weighted by Gasteiger charge is 2.32. The van der Waals surface area contributed by atoms with Crippen molar-refractivity contribution in [2.45, 2.75) is 39.3 Å². The molecule has 0 radical (unpaired) electrons. The third-order valence-electron chi connectivity index (χ3n) is 3.58. The van der Waals surface area contributed by atoms with Gasteiger partial charge < -0.3 is 9.32 Å². The molecule has 2 aromatic rings. The van der Waals surface area contributed by atoms with Gasteiger partial charge in [0.1, 0.15) is 5.76 Å². The van der Waals surface area contributed by atoms with Gasteiger partial charge in [0.15, 0.2) is 5.82 Å². The van der Waals surface area contributed by atoms with Crippen LogP contribution in [0.3, 0.4) is 0 Å². The molecule has 7 heteroatoms. The fourth-order valence-corrected chi connectivity index (χ4v) is 2.26. The predicted octanol–water partition coefficient (Wildman–Crippen LogP) is 1.61. The molecule has 0 unspecified atom stereocenters. The molecule has 2 heterocycles. The first-order valence-electron chi connectivity index (χ1n) is 6.91. The monoisotopic (exact) mass is 287 g/mol. The number of amides is 1. The predicted molar refractivity (Wildman–Crippen MR) is 75.0 cm³/mol. The van der Waals surface area contributed by atoms with E-state index in [1.165, 1.54) is 0 Å². The summed E-state index contributed by atoms with van der Waals surface area (Å²) in [6, 6.07) is 0.284. The Morgan fingerprint density at radius 3 is 2.90 bits per heavy atom. The van der Waals surface area contributed by atoms with Crippen LogP contribution < -0.4 is 0 Å². The lowest BCUT2D eigenvalue weighted by molar-refractivity contribution is -0.127. The van der Waals surface area contributed by atoms with E-state index in [0.29, 0.717) is 12.4 Å². The molecule has 1 amide bonds. The number of hydrogen-bond acceptors (Lipinski definition) is 5. The van der Waals surface area contributed by atoms with Crippen molar-refractivity contribution in [2.75, 3.05) is 0 Å². The maximum absolute atomic E-state index is 12.4. The Kier molecular flexibility index (Phi) is 3.55. The van der Waals surface area contributed by atoms with E-state index in [-0.39, 0.29) is 11.9 Å². The number of nitrogens with zero attached hydrogens (tertiary/aromatic N) is 4. The fraction of sp³-hybridized carbons (Fsp3) is 0.429. The van der Waals surface area contributed by atoms with Gasteiger partial charge in [0, 0.05) is 17.7 Å². The molecule has 7 nitrogen and oxygen atoms in total. The van der Waals surface area contributed by atoms with Crippen molar-refractivity contribution >= 4 is 12.0 Å². The topological polar surface area (TPSA) is 87.9 Å². The first-order chi connectivity index (χ1) is 10.1. The minimum absolute atomic E-state index is 0.0395. The number of H-pyrrole nitrogens is 1. The van der Waals surface area contributed by atoms with E-state index in [0.717, 1.165) is 29.7 Å². The molecule has 0 aliphatic heterocycles. The van der Waals surface area contributed by atoms with Gasteiger partial charge in [-0.25, -0.2) is 0 Å². The Balaban J connectivity index is 1.72. The van der Waals surface area contributed by atoms with Gasteiger partial charge in [-0.1, -0.05) is 5.21 Å². The summed E-state index contributed by atoms with van der Waals surface area (Å²) in [4.78, 5) is 14.2. The summed E-state index contributed by atoms with van der Waals surface area (Å²) < 4.78 is 5.32. The first kappa shape index (κ1) is 13.5. The first-order valence-corrected chi connectivity index (χ1v) is 6.91. The highest BCUT2D eigenvalue weighted by molar-refractivity contribution is 5.92. The summed E-state index contributed by atoms with van der Waals surface area (Å²) in [7, 11) is 0. The molecule has 0 atom stereocenters. The van der Waals surface area contributed by atoms with Crippen LogP contribution >= 0.6 is 0 Å². The Bertz CT molecular complexity index is 635. The summed E-state index contributed by atoms with van der Waals surface area (Å²) in [5, 5.41) is 13.7. The second kappa shape index (κ2) is 5.51. The van der Waals surface area contributed by atoms with Crippen molar-refractivity contribution in [2.24, 2.45) is 0 Å². The number of aromatic nitrogens is 4. The van der Waals surface area contributed by atoms with Crippen LogP contribution in [0.1, 0.15) is 35.6 Å². The van der Waals surface area contributed by atoms with Crippen molar-refractivity contribution in [1.29, 1.82) is 0 Å². The number of carbonyl (C=O) groups excluding carboxylic acids is 1. The summed E-state index contributed by atoms with van der Waals surface area (Å²) in [6.07, 6.45) is 7.14. The van der Waals surface area contributed by atoms with Gasteiger partial charge in [0.05, 0.1) is 12.8 Å². The largest absolute Gasteiger partial charge is 0.469 e. The highest BCUT2D eigenvalue weighted by atomic mass is 16.3. The molecule has 0 spiro atoms. The number of carbonyl (C=O) groups is 1. The minimum Gasteiger partial charge on any atom is -0.469 e. The van der Waals surface area contributed by atoms with Crippen LogP contribution in [0.2, 0.25) is 0 Å². The summed E-state index contributed by atoms with van der Waals surface area (Å²) in [5.41, 5.74) is 1.98. The molecule has 21 heavy (non-hydrogen) atoms. The second-order valence-electron chi connectivity index (χ2n) is 5.25. The zero-order valence-electron chi connectivity index (χ0n) is 12.0. The van der Waals surface area contributed by atoms with E-state index in [9.17, 15) is 4.79 Å². The number of nitrogens with one attached hydrogen (secondary N) is 1. The molecule has 110 valence electrons. The van der Waals surface area contributed by atoms with Gasteiger partial charge in [0.25, 0.3) is 0 Å². The van der Waals surface area contributed by atoms with E-state index in [2.05, 4.69) is 20.6 Å². The Morgan fingerprint density at radius 1 is 1.52 bits per heavy atom. The number of aromatic amines is 1. The van der Waals surface area contributed by atoms with Crippen LogP contribution in [0.15, 0.2) is 16.8 Å². The Hall–Kier alpha value is -2.44. The molecule has 0 aromatic carbocycles. The highest BCUT2D eigenvalue weighted by Crippen LogP contribution is 2.28. The maximum Gasteiger partial charge on any atom is 0.247 e. The van der Waals surface area contributed by atoms with Crippen LogP contribution in [0.25, 0.3) is 6.08 Å². The van der Waals surface area contributed by atoms with Crippen LogP contribution in [0, 0.1) is 13.8 Å². The van der Waals surface area contributed by atoms with Gasteiger partial charge in [-0.15, -0.1) is 10.2 Å². The Labute approximate surface area is 122 Å². The normalized spacial score (nSPS) is 14.8. The second-order valence-corrected chi connectivity index (χ2v) is 5.25. The van der Waals surface area contributed by atoms with Gasteiger partial charge >= 0.3 is 0 Å². The number of rotatable bonds is 5. The SMILES string of the molecule is Cc1coc(C)c1/C=C/C(=O)N(Cc1nn[nH]n1)C1CC1. The van der Waals surface area contributed by atoms with Crippen LogP contribution in [-0.4, -0.2) is 37.5 Å². The third kappa shape index (κ3) is 3.01. The molecule has 1 fully saturated rings. The smallest absolute Gasteiger partial charge is 0.247 e. The van der Waals surface area contributed by atoms with E-state index in [4.69, 9.17) is 4.42 Å². The third-order valence-corrected chi connectivity index (χ3v) is 3.58. The molecular weight excluding hydrogens is 270 g/mol. The van der Waals surface area contributed by atoms with Crippen LogP contribution in [-0.2, 0) is 11.3 Å². The van der Waals surface area contributed by atoms with Gasteiger partial charge in [-0.3, -0.25) is 4.79 Å². The van der Waals surface area contributed by atoms with E-state index in [1.807, 2.05) is 19.9 Å². The average Bonchev–Trinajstić information content (AvgIpc) is 3.08. The van der Waals surface area contributed by atoms with E-state index in [1.54, 1.807) is 17.2 Å². The van der Waals surface area contributed by atoms with Crippen molar-refractivity contribution in [3.05, 3.63) is 35.1 Å². The quantitative estimate of drug-likeness (QED) is 0.844. The van der Waals surface area contributed by atoms with Crippen LogP contribution in [0.4, 0.5) is 0 Å². The maximum atomic E-state index is 12.4. The summed E-state index contributed by atoms with van der Waals surface area (Å²) >= 11 is 0. The van der Waals surface area contributed by atoms with Crippen molar-refractivity contribution in [1.82, 2.24) is 25.5 Å².